The molecule has 6 heteroatoms. The van der Waals surface area contributed by atoms with Crippen LogP contribution in [0.4, 0.5) is 0 Å². The largest absolute Gasteiger partial charge is 0.354 e. The molecule has 1 aliphatic heterocycles. The number of amides is 1. The lowest BCUT2D eigenvalue weighted by molar-refractivity contribution is -0.124. The van der Waals surface area contributed by atoms with Gasteiger partial charge in [-0.25, -0.2) is 8.42 Å². The maximum absolute atomic E-state index is 11.6. The van der Waals surface area contributed by atoms with Gasteiger partial charge in [-0.1, -0.05) is 0 Å². The first-order chi connectivity index (χ1) is 7.48. The molecule has 2 fully saturated rings. The number of nitrogens with two attached hydrogens (primary N) is 1. The molecular formula is C10H18N2O3S. The van der Waals surface area contributed by atoms with Crippen LogP contribution < -0.4 is 11.1 Å². The summed E-state index contributed by atoms with van der Waals surface area (Å²) in [6, 6.07) is 0.0296. The summed E-state index contributed by atoms with van der Waals surface area (Å²) < 4.78 is 22.4. The van der Waals surface area contributed by atoms with Crippen LogP contribution in [0.2, 0.25) is 0 Å². The monoisotopic (exact) mass is 246 g/mol. The van der Waals surface area contributed by atoms with Crippen molar-refractivity contribution in [1.82, 2.24) is 5.32 Å². The van der Waals surface area contributed by atoms with Crippen molar-refractivity contribution in [1.29, 1.82) is 0 Å². The molecule has 0 radical (unpaired) electrons. The zero-order chi connectivity index (χ0) is 11.8. The van der Waals surface area contributed by atoms with Crippen molar-refractivity contribution in [3.63, 3.8) is 0 Å². The van der Waals surface area contributed by atoms with E-state index in [-0.39, 0.29) is 29.4 Å². The lowest BCUT2D eigenvalue weighted by Gasteiger charge is -2.13. The van der Waals surface area contributed by atoms with Crippen LogP contribution in [0, 0.1) is 11.8 Å². The van der Waals surface area contributed by atoms with Gasteiger partial charge in [0.15, 0.2) is 9.84 Å². The Morgan fingerprint density at radius 2 is 2.06 bits per heavy atom. The number of sulfone groups is 1. The fraction of sp³-hybridized carbons (Fsp3) is 0.900. The van der Waals surface area contributed by atoms with Gasteiger partial charge in [0.05, 0.1) is 17.4 Å². The van der Waals surface area contributed by atoms with E-state index in [0.717, 1.165) is 12.8 Å². The van der Waals surface area contributed by atoms with Crippen molar-refractivity contribution < 1.29 is 13.2 Å². The molecule has 5 nitrogen and oxygen atoms in total. The van der Waals surface area contributed by atoms with Crippen molar-refractivity contribution >= 4 is 15.7 Å². The van der Waals surface area contributed by atoms with Crippen LogP contribution >= 0.6 is 0 Å². The molecule has 2 aliphatic rings. The fourth-order valence-electron chi connectivity index (χ4n) is 2.06. The summed E-state index contributed by atoms with van der Waals surface area (Å²) in [5.74, 6) is 0.165. The fourth-order valence-corrected chi connectivity index (χ4v) is 3.80. The Balaban J connectivity index is 1.75. The van der Waals surface area contributed by atoms with Gasteiger partial charge < -0.3 is 11.1 Å². The number of hydrogen-bond acceptors (Lipinski definition) is 4. The van der Waals surface area contributed by atoms with Gasteiger partial charge in [0, 0.05) is 12.6 Å². The Morgan fingerprint density at radius 1 is 1.38 bits per heavy atom. The molecule has 0 bridgehead atoms. The van der Waals surface area contributed by atoms with Crippen LogP contribution in [0.1, 0.15) is 19.3 Å². The smallest absolute Gasteiger partial charge is 0.224 e. The molecule has 92 valence electrons. The van der Waals surface area contributed by atoms with Gasteiger partial charge in [-0.15, -0.1) is 0 Å². The average molecular weight is 246 g/mol. The molecule has 0 aromatic rings. The van der Waals surface area contributed by atoms with E-state index in [1.54, 1.807) is 0 Å². The minimum absolute atomic E-state index is 0.00248. The van der Waals surface area contributed by atoms with E-state index in [0.29, 0.717) is 18.9 Å². The van der Waals surface area contributed by atoms with Gasteiger partial charge in [0.2, 0.25) is 5.91 Å². The summed E-state index contributed by atoms with van der Waals surface area (Å²) in [7, 11) is -2.98. The number of carbonyl (C=O) groups is 1. The lowest BCUT2D eigenvalue weighted by Crippen LogP contribution is -2.41. The Morgan fingerprint density at radius 3 is 2.56 bits per heavy atom. The lowest BCUT2D eigenvalue weighted by atomic mass is 10.1. The molecule has 1 amide bonds. The van der Waals surface area contributed by atoms with Gasteiger partial charge in [0.25, 0.3) is 0 Å². The standard InChI is InChI=1S/C10H18N2O3S/c11-9(7-1-2-7)5-12-10(13)8-3-4-16(14,15)6-8/h7-9H,1-6,11H2,(H,12,13). The van der Waals surface area contributed by atoms with Gasteiger partial charge in [-0.2, -0.15) is 0 Å². The molecule has 2 unspecified atom stereocenters. The highest BCUT2D eigenvalue weighted by Gasteiger charge is 2.34. The van der Waals surface area contributed by atoms with Gasteiger partial charge in [0.1, 0.15) is 0 Å². The maximum Gasteiger partial charge on any atom is 0.224 e. The molecule has 0 aromatic carbocycles. The number of nitrogens with one attached hydrogen (secondary N) is 1. The second kappa shape index (κ2) is 4.33. The molecular weight excluding hydrogens is 228 g/mol. The normalized spacial score (nSPS) is 29.9. The van der Waals surface area contributed by atoms with E-state index in [1.165, 1.54) is 0 Å². The highest BCUT2D eigenvalue weighted by Crippen LogP contribution is 2.31. The van der Waals surface area contributed by atoms with Crippen LogP contribution in [0.15, 0.2) is 0 Å². The van der Waals surface area contributed by atoms with Crippen molar-refractivity contribution in [2.45, 2.75) is 25.3 Å². The first kappa shape index (κ1) is 11.9. The predicted molar refractivity (Wildman–Crippen MR) is 60.5 cm³/mol. The number of rotatable bonds is 4. The summed E-state index contributed by atoms with van der Waals surface area (Å²) in [4.78, 5) is 11.6. The highest BCUT2D eigenvalue weighted by atomic mass is 32.2. The summed E-state index contributed by atoms with van der Waals surface area (Å²) in [5, 5.41) is 2.76. The van der Waals surface area contributed by atoms with Crippen LogP contribution in [-0.4, -0.2) is 38.4 Å². The van der Waals surface area contributed by atoms with Crippen molar-refractivity contribution in [3.05, 3.63) is 0 Å². The number of hydrogen-bond donors (Lipinski definition) is 2. The van der Waals surface area contributed by atoms with Crippen molar-refractivity contribution in [2.24, 2.45) is 17.6 Å². The molecule has 1 saturated carbocycles. The van der Waals surface area contributed by atoms with E-state index in [4.69, 9.17) is 5.73 Å². The molecule has 1 heterocycles. The van der Waals surface area contributed by atoms with Gasteiger partial charge in [-0.05, 0) is 25.2 Å². The van der Waals surface area contributed by atoms with Crippen molar-refractivity contribution in [3.8, 4) is 0 Å². The zero-order valence-electron chi connectivity index (χ0n) is 9.19. The highest BCUT2D eigenvalue weighted by molar-refractivity contribution is 7.91. The SMILES string of the molecule is NC(CNC(=O)C1CCS(=O)(=O)C1)C1CC1. The summed E-state index contributed by atoms with van der Waals surface area (Å²) in [6.07, 6.45) is 2.75. The Hall–Kier alpha value is -0.620. The van der Waals surface area contributed by atoms with E-state index >= 15 is 0 Å². The molecule has 0 aromatic heterocycles. The Bertz CT molecular complexity index is 376. The van der Waals surface area contributed by atoms with E-state index in [9.17, 15) is 13.2 Å². The average Bonchev–Trinajstić information content (AvgIpc) is 2.99. The number of carbonyl (C=O) groups excluding carboxylic acids is 1. The molecule has 1 saturated heterocycles. The minimum Gasteiger partial charge on any atom is -0.354 e. The third-order valence-corrected chi connectivity index (χ3v) is 5.11. The third kappa shape index (κ3) is 2.95. The van der Waals surface area contributed by atoms with Gasteiger partial charge in [-0.3, -0.25) is 4.79 Å². The molecule has 1 aliphatic carbocycles. The van der Waals surface area contributed by atoms with E-state index in [2.05, 4.69) is 5.32 Å². The van der Waals surface area contributed by atoms with Crippen LogP contribution in [-0.2, 0) is 14.6 Å². The Kier molecular flexibility index (Phi) is 3.21. The summed E-state index contributed by atoms with van der Waals surface area (Å²) in [6.45, 7) is 0.472. The molecule has 0 spiro atoms. The van der Waals surface area contributed by atoms with Crippen LogP contribution in [0.3, 0.4) is 0 Å². The van der Waals surface area contributed by atoms with E-state index < -0.39 is 9.84 Å². The first-order valence-electron chi connectivity index (χ1n) is 5.71. The molecule has 16 heavy (non-hydrogen) atoms. The second-order valence-electron chi connectivity index (χ2n) is 4.85. The molecule has 3 N–H and O–H groups in total. The summed E-state index contributed by atoms with van der Waals surface area (Å²) >= 11 is 0. The van der Waals surface area contributed by atoms with Crippen LogP contribution in [0.25, 0.3) is 0 Å². The van der Waals surface area contributed by atoms with E-state index in [1.807, 2.05) is 0 Å². The first-order valence-corrected chi connectivity index (χ1v) is 7.54. The zero-order valence-corrected chi connectivity index (χ0v) is 10.0. The third-order valence-electron chi connectivity index (χ3n) is 3.34. The van der Waals surface area contributed by atoms with Crippen molar-refractivity contribution in [2.75, 3.05) is 18.1 Å². The Labute approximate surface area is 95.7 Å². The quantitative estimate of drug-likeness (QED) is 0.684. The molecule has 2 atom stereocenters. The minimum atomic E-state index is -2.98. The second-order valence-corrected chi connectivity index (χ2v) is 7.08. The summed E-state index contributed by atoms with van der Waals surface area (Å²) in [5.41, 5.74) is 5.85. The van der Waals surface area contributed by atoms with Gasteiger partial charge >= 0.3 is 0 Å². The van der Waals surface area contributed by atoms with Crippen LogP contribution in [0.5, 0.6) is 0 Å². The predicted octanol–water partition coefficient (Wildman–Crippen LogP) is -0.725. The topological polar surface area (TPSA) is 89.3 Å². The molecule has 2 rings (SSSR count). The maximum atomic E-state index is 11.6.